The monoisotopic (exact) mass is 381 g/mol. The Hall–Kier alpha value is -2.66. The molecule has 1 saturated heterocycles. The predicted molar refractivity (Wildman–Crippen MR) is 110 cm³/mol. The zero-order valence-corrected chi connectivity index (χ0v) is 16.1. The largest absolute Gasteiger partial charge is 0.369 e. The summed E-state index contributed by atoms with van der Waals surface area (Å²) < 4.78 is 26.6. The van der Waals surface area contributed by atoms with E-state index in [1.165, 1.54) is 29.0 Å². The van der Waals surface area contributed by atoms with Gasteiger partial charge in [0.1, 0.15) is 0 Å². The molecule has 0 atom stereocenters. The molecule has 1 fully saturated rings. The van der Waals surface area contributed by atoms with Crippen LogP contribution in [0.5, 0.6) is 0 Å². The highest BCUT2D eigenvalue weighted by atomic mass is 19.2. The van der Waals surface area contributed by atoms with E-state index < -0.39 is 11.6 Å². The second-order valence-corrected chi connectivity index (χ2v) is 7.38. The molecule has 5 heteroatoms. The Morgan fingerprint density at radius 1 is 0.893 bits per heavy atom. The first-order chi connectivity index (χ1) is 13.6. The van der Waals surface area contributed by atoms with Gasteiger partial charge in [0.05, 0.1) is 0 Å². The first-order valence-electron chi connectivity index (χ1n) is 9.76. The molecule has 0 bridgehead atoms. The van der Waals surface area contributed by atoms with Gasteiger partial charge in [-0.25, -0.2) is 8.78 Å². The van der Waals surface area contributed by atoms with Crippen molar-refractivity contribution in [3.8, 4) is 11.3 Å². The molecule has 28 heavy (non-hydrogen) atoms. The van der Waals surface area contributed by atoms with Crippen molar-refractivity contribution in [2.75, 3.05) is 37.6 Å². The summed E-state index contributed by atoms with van der Waals surface area (Å²) in [4.78, 5) is 8.05. The van der Waals surface area contributed by atoms with Crippen LogP contribution in [-0.2, 0) is 6.42 Å². The molecular weight excluding hydrogens is 356 g/mol. The molecule has 0 spiro atoms. The van der Waals surface area contributed by atoms with Crippen LogP contribution < -0.4 is 4.90 Å². The summed E-state index contributed by atoms with van der Waals surface area (Å²) in [5.41, 5.74) is 5.70. The van der Waals surface area contributed by atoms with Crippen molar-refractivity contribution in [2.45, 2.75) is 13.3 Å². The number of H-pyrrole nitrogens is 1. The number of aromatic amines is 1. The summed E-state index contributed by atoms with van der Waals surface area (Å²) in [5.74, 6) is -1.57. The number of nitrogens with one attached hydrogen (secondary N) is 1. The number of anilines is 1. The van der Waals surface area contributed by atoms with Crippen molar-refractivity contribution in [3.63, 3.8) is 0 Å². The molecule has 146 valence electrons. The van der Waals surface area contributed by atoms with E-state index in [1.54, 1.807) is 6.07 Å². The van der Waals surface area contributed by atoms with Gasteiger partial charge in [-0.3, -0.25) is 4.90 Å². The number of halogens is 2. The molecule has 1 aromatic heterocycles. The molecule has 1 aliphatic rings. The molecule has 0 radical (unpaired) electrons. The van der Waals surface area contributed by atoms with Gasteiger partial charge in [-0.2, -0.15) is 0 Å². The van der Waals surface area contributed by atoms with E-state index in [9.17, 15) is 8.78 Å². The summed E-state index contributed by atoms with van der Waals surface area (Å²) >= 11 is 0. The second kappa shape index (κ2) is 8.15. The predicted octanol–water partition coefficient (Wildman–Crippen LogP) is 4.63. The van der Waals surface area contributed by atoms with E-state index in [2.05, 4.69) is 52.0 Å². The quantitative estimate of drug-likeness (QED) is 0.696. The topological polar surface area (TPSA) is 22.3 Å². The van der Waals surface area contributed by atoms with E-state index in [-0.39, 0.29) is 0 Å². The minimum Gasteiger partial charge on any atom is -0.369 e. The highest BCUT2D eigenvalue weighted by Gasteiger charge is 2.18. The van der Waals surface area contributed by atoms with E-state index in [0.717, 1.165) is 50.5 Å². The van der Waals surface area contributed by atoms with E-state index >= 15 is 0 Å². The minimum absolute atomic E-state index is 0.757. The van der Waals surface area contributed by atoms with E-state index in [4.69, 9.17) is 0 Å². The highest BCUT2D eigenvalue weighted by molar-refractivity contribution is 5.61. The third-order valence-electron chi connectivity index (χ3n) is 5.55. The maximum Gasteiger partial charge on any atom is 0.160 e. The summed E-state index contributed by atoms with van der Waals surface area (Å²) in [7, 11) is 0. The molecule has 0 saturated carbocycles. The van der Waals surface area contributed by atoms with Crippen molar-refractivity contribution in [2.24, 2.45) is 0 Å². The minimum atomic E-state index is -0.792. The molecule has 2 aromatic carbocycles. The first kappa shape index (κ1) is 18.7. The fourth-order valence-corrected chi connectivity index (χ4v) is 3.82. The van der Waals surface area contributed by atoms with E-state index in [1.807, 2.05) is 6.07 Å². The lowest BCUT2D eigenvalue weighted by Gasteiger charge is -2.36. The highest BCUT2D eigenvalue weighted by Crippen LogP contribution is 2.23. The molecule has 0 unspecified atom stereocenters. The molecule has 4 rings (SSSR count). The van der Waals surface area contributed by atoms with Gasteiger partial charge in [0.25, 0.3) is 0 Å². The van der Waals surface area contributed by atoms with Crippen LogP contribution in [0.3, 0.4) is 0 Å². The average Bonchev–Trinajstić information content (AvgIpc) is 3.10. The Bertz CT molecular complexity index is 928. The normalized spacial score (nSPS) is 15.2. The van der Waals surface area contributed by atoms with Crippen molar-refractivity contribution in [1.29, 1.82) is 0 Å². The number of benzene rings is 2. The fourth-order valence-electron chi connectivity index (χ4n) is 3.82. The van der Waals surface area contributed by atoms with Crippen molar-refractivity contribution >= 4 is 5.69 Å². The van der Waals surface area contributed by atoms with Crippen LogP contribution in [-0.4, -0.2) is 42.6 Å². The number of nitrogens with zero attached hydrogens (tertiary/aromatic N) is 2. The standard InChI is InChI=1S/C23H25F2N3/c1-17-19(15-23(26-17)18-5-3-2-4-6-18)9-10-27-11-13-28(14-12-27)20-7-8-21(24)22(25)16-20/h2-8,15-16,26H,9-14H2,1H3. The Balaban J connectivity index is 1.32. The number of hydrogen-bond donors (Lipinski definition) is 1. The van der Waals surface area contributed by atoms with Crippen molar-refractivity contribution < 1.29 is 8.78 Å². The van der Waals surface area contributed by atoms with Crippen LogP contribution in [0, 0.1) is 18.6 Å². The summed E-state index contributed by atoms with van der Waals surface area (Å²) in [6.45, 7) is 6.63. The smallest absolute Gasteiger partial charge is 0.160 e. The molecule has 1 N–H and O–H groups in total. The second-order valence-electron chi connectivity index (χ2n) is 7.38. The van der Waals surface area contributed by atoms with Crippen LogP contribution in [0.25, 0.3) is 11.3 Å². The lowest BCUT2D eigenvalue weighted by molar-refractivity contribution is 0.261. The number of aromatic nitrogens is 1. The van der Waals surface area contributed by atoms with Crippen molar-refractivity contribution in [3.05, 3.63) is 77.5 Å². The van der Waals surface area contributed by atoms with Gasteiger partial charge in [0.2, 0.25) is 0 Å². The lowest BCUT2D eigenvalue weighted by Crippen LogP contribution is -2.47. The molecule has 3 nitrogen and oxygen atoms in total. The fraction of sp³-hybridized carbons (Fsp3) is 0.304. The summed E-state index contributed by atoms with van der Waals surface area (Å²) in [6.07, 6.45) is 1.00. The van der Waals surface area contributed by atoms with Crippen LogP contribution in [0.4, 0.5) is 14.5 Å². The first-order valence-corrected chi connectivity index (χ1v) is 9.76. The summed E-state index contributed by atoms with van der Waals surface area (Å²) in [6, 6.07) is 16.8. The van der Waals surface area contributed by atoms with Gasteiger partial charge in [0, 0.05) is 55.9 Å². The maximum atomic E-state index is 13.5. The molecule has 3 aromatic rings. The molecule has 0 aliphatic carbocycles. The Morgan fingerprint density at radius 3 is 2.36 bits per heavy atom. The lowest BCUT2D eigenvalue weighted by atomic mass is 10.1. The number of aryl methyl sites for hydroxylation is 1. The number of hydrogen-bond acceptors (Lipinski definition) is 2. The van der Waals surface area contributed by atoms with Gasteiger partial charge >= 0.3 is 0 Å². The summed E-state index contributed by atoms with van der Waals surface area (Å²) in [5, 5.41) is 0. The van der Waals surface area contributed by atoms with Crippen LogP contribution in [0.2, 0.25) is 0 Å². The molecule has 2 heterocycles. The Labute approximate surface area is 164 Å². The maximum absolute atomic E-state index is 13.5. The van der Waals surface area contributed by atoms with E-state index in [0.29, 0.717) is 0 Å². The van der Waals surface area contributed by atoms with Gasteiger partial charge in [-0.15, -0.1) is 0 Å². The molecular formula is C23H25F2N3. The third-order valence-corrected chi connectivity index (χ3v) is 5.55. The zero-order chi connectivity index (χ0) is 19.5. The van der Waals surface area contributed by atoms with Crippen LogP contribution >= 0.6 is 0 Å². The zero-order valence-electron chi connectivity index (χ0n) is 16.1. The number of rotatable bonds is 5. The van der Waals surface area contributed by atoms with Gasteiger partial charge in [-0.1, -0.05) is 30.3 Å². The van der Waals surface area contributed by atoms with Gasteiger partial charge in [-0.05, 0) is 42.7 Å². The van der Waals surface area contributed by atoms with Gasteiger partial charge in [0.15, 0.2) is 11.6 Å². The van der Waals surface area contributed by atoms with Crippen molar-refractivity contribution in [1.82, 2.24) is 9.88 Å². The molecule has 0 amide bonds. The van der Waals surface area contributed by atoms with Crippen LogP contribution in [0.15, 0.2) is 54.6 Å². The molecule has 1 aliphatic heterocycles. The third kappa shape index (κ3) is 4.09. The van der Waals surface area contributed by atoms with Crippen LogP contribution in [0.1, 0.15) is 11.3 Å². The average molecular weight is 381 g/mol. The number of piperazine rings is 1. The Kier molecular flexibility index (Phi) is 5.44. The Morgan fingerprint density at radius 2 is 1.64 bits per heavy atom. The van der Waals surface area contributed by atoms with Gasteiger partial charge < -0.3 is 9.88 Å². The SMILES string of the molecule is Cc1[nH]c(-c2ccccc2)cc1CCN1CCN(c2ccc(F)c(F)c2)CC1.